The summed E-state index contributed by atoms with van der Waals surface area (Å²) in [5.74, 6) is -2.17. The van der Waals surface area contributed by atoms with Crippen molar-refractivity contribution in [3.8, 4) is 0 Å². The summed E-state index contributed by atoms with van der Waals surface area (Å²) in [6, 6.07) is 1.27. The number of hydrogen-bond donors (Lipinski definition) is 3. The average Bonchev–Trinajstić information content (AvgIpc) is 2.93. The first-order valence-electron chi connectivity index (χ1n) is 6.39. The molecule has 21 heavy (non-hydrogen) atoms. The fourth-order valence-corrected chi connectivity index (χ4v) is 2.23. The number of nitrogens with one attached hydrogen (secondary N) is 2. The number of carbonyl (C=O) groups excluding carboxylic acids is 1. The molecule has 1 aromatic heterocycles. The number of unbranched alkanes of at least 4 members (excludes halogenated alkanes) is 1. The van der Waals surface area contributed by atoms with Crippen molar-refractivity contribution < 1.29 is 27.5 Å². The van der Waals surface area contributed by atoms with Gasteiger partial charge in [-0.15, -0.1) is 0 Å². The second kappa shape index (κ2) is 7.23. The Labute approximate surface area is 122 Å². The summed E-state index contributed by atoms with van der Waals surface area (Å²) in [6.07, 6.45) is 1.74. The smallest absolute Gasteiger partial charge is 0.326 e. The Morgan fingerprint density at radius 3 is 2.57 bits per heavy atom. The van der Waals surface area contributed by atoms with E-state index in [9.17, 15) is 18.0 Å². The Bertz CT molecular complexity index is 607. The van der Waals surface area contributed by atoms with E-state index in [1.54, 1.807) is 0 Å². The Kier molecular flexibility index (Phi) is 5.91. The van der Waals surface area contributed by atoms with Crippen LogP contribution < -0.4 is 10.0 Å². The van der Waals surface area contributed by atoms with Crippen molar-refractivity contribution in [2.24, 2.45) is 0 Å². The highest BCUT2D eigenvalue weighted by Crippen LogP contribution is 2.14. The van der Waals surface area contributed by atoms with Gasteiger partial charge in [-0.1, -0.05) is 19.8 Å². The normalized spacial score (nSPS) is 12.9. The molecule has 8 nitrogen and oxygen atoms in total. The van der Waals surface area contributed by atoms with Crippen molar-refractivity contribution in [3.05, 3.63) is 17.9 Å². The summed E-state index contributed by atoms with van der Waals surface area (Å²) in [4.78, 5) is 22.9. The second-order valence-corrected chi connectivity index (χ2v) is 6.15. The Hall–Kier alpha value is -1.87. The van der Waals surface area contributed by atoms with Gasteiger partial charge in [0.2, 0.25) is 5.09 Å². The topological polar surface area (TPSA) is 126 Å². The number of sulfonamides is 1. The zero-order valence-electron chi connectivity index (χ0n) is 11.8. The van der Waals surface area contributed by atoms with E-state index in [2.05, 4.69) is 5.32 Å². The number of rotatable bonds is 8. The van der Waals surface area contributed by atoms with Crippen LogP contribution in [0, 0.1) is 0 Å². The van der Waals surface area contributed by atoms with Gasteiger partial charge in [0.25, 0.3) is 15.9 Å². The molecule has 1 aromatic rings. The molecule has 0 bridgehead atoms. The maximum absolute atomic E-state index is 11.9. The quantitative estimate of drug-likeness (QED) is 0.643. The molecule has 0 aliphatic heterocycles. The maximum Gasteiger partial charge on any atom is 0.326 e. The van der Waals surface area contributed by atoms with Crippen LogP contribution >= 0.6 is 0 Å². The number of carboxylic acid groups (broad SMARTS) is 1. The largest absolute Gasteiger partial charge is 0.480 e. The van der Waals surface area contributed by atoms with E-state index < -0.39 is 33.0 Å². The SMILES string of the molecule is CCCC[C@H](NC(=O)c1ccc(S(=O)(=O)NC)o1)C(=O)O. The summed E-state index contributed by atoms with van der Waals surface area (Å²) in [7, 11) is -2.57. The monoisotopic (exact) mass is 318 g/mol. The molecule has 1 atom stereocenters. The van der Waals surface area contributed by atoms with Crippen molar-refractivity contribution in [1.82, 2.24) is 10.0 Å². The van der Waals surface area contributed by atoms with Crippen LogP contribution in [0.1, 0.15) is 36.7 Å². The summed E-state index contributed by atoms with van der Waals surface area (Å²) < 4.78 is 29.9. The van der Waals surface area contributed by atoms with Crippen LogP contribution in [0.3, 0.4) is 0 Å². The third kappa shape index (κ3) is 4.57. The predicted molar refractivity (Wildman–Crippen MR) is 73.4 cm³/mol. The molecule has 0 fully saturated rings. The number of carboxylic acids is 1. The molecule has 0 spiro atoms. The molecule has 3 N–H and O–H groups in total. The van der Waals surface area contributed by atoms with Crippen LogP contribution in [0.25, 0.3) is 0 Å². The van der Waals surface area contributed by atoms with E-state index in [0.29, 0.717) is 12.8 Å². The van der Waals surface area contributed by atoms with Gasteiger partial charge in [0.05, 0.1) is 0 Å². The minimum absolute atomic E-state index is 0.258. The molecule has 0 aliphatic carbocycles. The molecule has 0 radical (unpaired) electrons. The zero-order chi connectivity index (χ0) is 16.0. The van der Waals surface area contributed by atoms with Crippen LogP contribution in [0.15, 0.2) is 21.6 Å². The van der Waals surface area contributed by atoms with Crippen LogP contribution in [-0.4, -0.2) is 38.5 Å². The van der Waals surface area contributed by atoms with Crippen molar-refractivity contribution in [1.29, 1.82) is 0 Å². The fraction of sp³-hybridized carbons (Fsp3) is 0.500. The standard InChI is InChI=1S/C12H18N2O6S/c1-3-4-5-8(12(16)17)14-11(15)9-6-7-10(20-9)21(18,19)13-2/h6-8,13H,3-5H2,1-2H3,(H,14,15)(H,16,17)/t8-/m0/s1. The first kappa shape index (κ1) is 17.2. The molecule has 118 valence electrons. The number of hydrogen-bond acceptors (Lipinski definition) is 5. The van der Waals surface area contributed by atoms with Gasteiger partial charge in [-0.25, -0.2) is 17.9 Å². The van der Waals surface area contributed by atoms with E-state index >= 15 is 0 Å². The van der Waals surface area contributed by atoms with Crippen molar-refractivity contribution in [2.45, 2.75) is 37.3 Å². The minimum atomic E-state index is -3.78. The van der Waals surface area contributed by atoms with Crippen LogP contribution in [0.5, 0.6) is 0 Å². The predicted octanol–water partition coefficient (Wildman–Crippen LogP) is 0.561. The minimum Gasteiger partial charge on any atom is -0.480 e. The van der Waals surface area contributed by atoms with Gasteiger partial charge >= 0.3 is 5.97 Å². The third-order valence-electron chi connectivity index (χ3n) is 2.79. The van der Waals surface area contributed by atoms with E-state index in [0.717, 1.165) is 12.5 Å². The summed E-state index contributed by atoms with van der Waals surface area (Å²) >= 11 is 0. The van der Waals surface area contributed by atoms with Gasteiger partial charge in [-0.3, -0.25) is 4.79 Å². The number of amides is 1. The van der Waals surface area contributed by atoms with E-state index in [4.69, 9.17) is 9.52 Å². The number of furan rings is 1. The molecule has 0 unspecified atom stereocenters. The average molecular weight is 318 g/mol. The highest BCUT2D eigenvalue weighted by Gasteiger charge is 2.24. The molecule has 0 aliphatic rings. The van der Waals surface area contributed by atoms with Gasteiger partial charge in [0, 0.05) is 0 Å². The highest BCUT2D eigenvalue weighted by atomic mass is 32.2. The first-order valence-corrected chi connectivity index (χ1v) is 7.87. The maximum atomic E-state index is 11.9. The van der Waals surface area contributed by atoms with E-state index in [-0.39, 0.29) is 5.76 Å². The molecule has 0 aromatic carbocycles. The van der Waals surface area contributed by atoms with Crippen molar-refractivity contribution in [2.75, 3.05) is 7.05 Å². The lowest BCUT2D eigenvalue weighted by Gasteiger charge is -2.12. The summed E-state index contributed by atoms with van der Waals surface area (Å²) in [5, 5.41) is 10.9. The Morgan fingerprint density at radius 1 is 1.38 bits per heavy atom. The van der Waals surface area contributed by atoms with E-state index in [1.165, 1.54) is 13.1 Å². The van der Waals surface area contributed by atoms with Gasteiger partial charge in [0.1, 0.15) is 6.04 Å². The fourth-order valence-electron chi connectivity index (χ4n) is 1.58. The molecular weight excluding hydrogens is 300 g/mol. The molecule has 1 amide bonds. The Morgan fingerprint density at radius 2 is 2.05 bits per heavy atom. The van der Waals surface area contributed by atoms with Gasteiger partial charge < -0.3 is 14.8 Å². The van der Waals surface area contributed by atoms with Gasteiger partial charge in [-0.05, 0) is 25.6 Å². The number of carbonyl (C=O) groups is 2. The first-order chi connectivity index (χ1) is 9.81. The van der Waals surface area contributed by atoms with Crippen LogP contribution in [0.4, 0.5) is 0 Å². The van der Waals surface area contributed by atoms with E-state index in [1.807, 2.05) is 11.6 Å². The van der Waals surface area contributed by atoms with Crippen LogP contribution in [0.2, 0.25) is 0 Å². The van der Waals surface area contributed by atoms with Crippen molar-refractivity contribution >= 4 is 21.9 Å². The lowest BCUT2D eigenvalue weighted by Crippen LogP contribution is -2.40. The highest BCUT2D eigenvalue weighted by molar-refractivity contribution is 7.89. The Balaban J connectivity index is 2.82. The molecular formula is C12H18N2O6S. The molecule has 0 saturated carbocycles. The van der Waals surface area contributed by atoms with Crippen LogP contribution in [-0.2, 0) is 14.8 Å². The number of aliphatic carboxylic acids is 1. The third-order valence-corrected chi connectivity index (χ3v) is 4.08. The lowest BCUT2D eigenvalue weighted by atomic mass is 10.1. The molecule has 1 rings (SSSR count). The molecule has 9 heteroatoms. The van der Waals surface area contributed by atoms with Gasteiger partial charge in [-0.2, -0.15) is 0 Å². The summed E-state index contributed by atoms with van der Waals surface area (Å²) in [6.45, 7) is 1.90. The zero-order valence-corrected chi connectivity index (χ0v) is 12.6. The second-order valence-electron chi connectivity index (χ2n) is 4.33. The molecule has 0 saturated heterocycles. The lowest BCUT2D eigenvalue weighted by molar-refractivity contribution is -0.139. The summed E-state index contributed by atoms with van der Waals surface area (Å²) in [5.41, 5.74) is 0. The van der Waals surface area contributed by atoms with Crippen molar-refractivity contribution in [3.63, 3.8) is 0 Å². The van der Waals surface area contributed by atoms with Gasteiger partial charge in [0.15, 0.2) is 5.76 Å². The molecule has 1 heterocycles.